The first-order valence-electron chi connectivity index (χ1n) is 8.87. The number of amides is 2. The predicted octanol–water partition coefficient (Wildman–Crippen LogP) is 4.76. The van der Waals surface area contributed by atoms with Crippen LogP contribution < -0.4 is 15.4 Å². The summed E-state index contributed by atoms with van der Waals surface area (Å²) >= 11 is 13.4. The summed E-state index contributed by atoms with van der Waals surface area (Å²) in [4.78, 5) is 25.3. The lowest BCUT2D eigenvalue weighted by molar-refractivity contribution is -0.123. The number of carbonyl (C=O) groups is 2. The Morgan fingerprint density at radius 1 is 1.17 bits per heavy atom. The summed E-state index contributed by atoms with van der Waals surface area (Å²) in [6, 6.07) is 9.77. The molecule has 2 rings (SSSR count). The smallest absolute Gasteiger partial charge is 0.387 e. The van der Waals surface area contributed by atoms with Gasteiger partial charge < -0.3 is 15.4 Å². The molecular formula is C20H20Cl2F2N2O3S. The molecule has 1 unspecified atom stereocenters. The Morgan fingerprint density at radius 2 is 1.90 bits per heavy atom. The zero-order chi connectivity index (χ0) is 22.1. The fourth-order valence-corrected chi connectivity index (χ4v) is 3.55. The highest BCUT2D eigenvalue weighted by Gasteiger charge is 2.22. The van der Waals surface area contributed by atoms with E-state index in [0.29, 0.717) is 22.8 Å². The van der Waals surface area contributed by atoms with Gasteiger partial charge in [-0.2, -0.15) is 20.5 Å². The molecule has 0 aromatic heterocycles. The second-order valence-corrected chi connectivity index (χ2v) is 7.96. The number of para-hydroxylation sites is 1. The van der Waals surface area contributed by atoms with E-state index in [-0.39, 0.29) is 22.9 Å². The van der Waals surface area contributed by atoms with Gasteiger partial charge in [-0.15, -0.1) is 0 Å². The summed E-state index contributed by atoms with van der Waals surface area (Å²) in [5.74, 6) is -0.364. The number of alkyl halides is 2. The minimum absolute atomic E-state index is 0.0227. The first kappa shape index (κ1) is 24.2. The molecule has 30 heavy (non-hydrogen) atoms. The van der Waals surface area contributed by atoms with E-state index in [1.54, 1.807) is 18.2 Å². The quantitative estimate of drug-likeness (QED) is 0.518. The first-order chi connectivity index (χ1) is 14.3. The van der Waals surface area contributed by atoms with Crippen LogP contribution in [0.15, 0.2) is 42.5 Å². The van der Waals surface area contributed by atoms with Crippen LogP contribution in [-0.4, -0.2) is 36.5 Å². The number of halogens is 4. The van der Waals surface area contributed by atoms with Crippen molar-refractivity contribution in [3.63, 3.8) is 0 Å². The molecule has 0 aliphatic heterocycles. The molecule has 0 aliphatic rings. The highest BCUT2D eigenvalue weighted by atomic mass is 35.5. The van der Waals surface area contributed by atoms with Crippen LogP contribution in [0.4, 0.5) is 8.78 Å². The molecule has 0 fully saturated rings. The van der Waals surface area contributed by atoms with Gasteiger partial charge in [0.1, 0.15) is 11.8 Å². The Labute approximate surface area is 187 Å². The van der Waals surface area contributed by atoms with E-state index < -0.39 is 24.5 Å². The molecule has 0 saturated heterocycles. The molecule has 2 aromatic rings. The number of benzene rings is 2. The minimum Gasteiger partial charge on any atom is -0.434 e. The second-order valence-electron chi connectivity index (χ2n) is 6.14. The molecule has 0 spiro atoms. The lowest BCUT2D eigenvalue weighted by atomic mass is 10.1. The van der Waals surface area contributed by atoms with Crippen LogP contribution in [0.25, 0.3) is 0 Å². The van der Waals surface area contributed by atoms with Crippen molar-refractivity contribution in [2.75, 3.05) is 12.0 Å². The summed E-state index contributed by atoms with van der Waals surface area (Å²) in [5.41, 5.74) is 0.584. The van der Waals surface area contributed by atoms with Gasteiger partial charge in [-0.05, 0) is 42.7 Å². The molecular weight excluding hydrogens is 457 g/mol. The summed E-state index contributed by atoms with van der Waals surface area (Å²) in [6.45, 7) is -3.01. The zero-order valence-corrected chi connectivity index (χ0v) is 18.3. The lowest BCUT2D eigenvalue weighted by Gasteiger charge is -2.19. The lowest BCUT2D eigenvalue weighted by Crippen LogP contribution is -2.47. The summed E-state index contributed by atoms with van der Waals surface area (Å²) in [6.07, 6.45) is 2.25. The van der Waals surface area contributed by atoms with Crippen molar-refractivity contribution in [3.8, 4) is 5.75 Å². The molecule has 0 bridgehead atoms. The van der Waals surface area contributed by atoms with Crippen molar-refractivity contribution in [1.29, 1.82) is 0 Å². The monoisotopic (exact) mass is 476 g/mol. The van der Waals surface area contributed by atoms with Gasteiger partial charge in [-0.25, -0.2) is 0 Å². The molecule has 1 atom stereocenters. The highest BCUT2D eigenvalue weighted by Crippen LogP contribution is 2.22. The molecule has 0 saturated carbocycles. The van der Waals surface area contributed by atoms with E-state index in [2.05, 4.69) is 15.4 Å². The Morgan fingerprint density at radius 3 is 2.57 bits per heavy atom. The maximum Gasteiger partial charge on any atom is 0.387 e. The van der Waals surface area contributed by atoms with Crippen LogP contribution >= 0.6 is 35.0 Å². The van der Waals surface area contributed by atoms with Crippen LogP contribution in [0.3, 0.4) is 0 Å². The number of ether oxygens (including phenoxy) is 1. The topological polar surface area (TPSA) is 67.4 Å². The van der Waals surface area contributed by atoms with E-state index in [0.717, 1.165) is 0 Å². The van der Waals surface area contributed by atoms with Gasteiger partial charge >= 0.3 is 6.61 Å². The largest absolute Gasteiger partial charge is 0.434 e. The number of rotatable bonds is 10. The van der Waals surface area contributed by atoms with Crippen molar-refractivity contribution in [2.24, 2.45) is 0 Å². The number of nitrogens with one attached hydrogen (secondary N) is 2. The van der Waals surface area contributed by atoms with Gasteiger partial charge in [0.2, 0.25) is 5.91 Å². The van der Waals surface area contributed by atoms with Crippen molar-refractivity contribution < 1.29 is 23.1 Å². The van der Waals surface area contributed by atoms with Crippen molar-refractivity contribution in [3.05, 3.63) is 63.6 Å². The van der Waals surface area contributed by atoms with Gasteiger partial charge in [0, 0.05) is 17.1 Å². The third kappa shape index (κ3) is 7.34. The SMILES string of the molecule is CSCCC(NC(=O)c1ccc(Cl)cc1Cl)C(=O)NCc1ccccc1OC(F)F. The van der Waals surface area contributed by atoms with E-state index in [4.69, 9.17) is 23.2 Å². The molecule has 2 N–H and O–H groups in total. The highest BCUT2D eigenvalue weighted by molar-refractivity contribution is 7.98. The maximum atomic E-state index is 12.7. The fraction of sp³-hybridized carbons (Fsp3) is 0.300. The molecule has 0 radical (unpaired) electrons. The van der Waals surface area contributed by atoms with Gasteiger partial charge in [-0.3, -0.25) is 9.59 Å². The molecule has 0 heterocycles. The number of hydrogen-bond donors (Lipinski definition) is 2. The Balaban J connectivity index is 2.07. The first-order valence-corrected chi connectivity index (χ1v) is 11.0. The number of carbonyl (C=O) groups excluding carboxylic acids is 2. The Hall–Kier alpha value is -2.03. The van der Waals surface area contributed by atoms with Crippen LogP contribution in [-0.2, 0) is 11.3 Å². The number of hydrogen-bond acceptors (Lipinski definition) is 4. The van der Waals surface area contributed by atoms with E-state index >= 15 is 0 Å². The van der Waals surface area contributed by atoms with Crippen molar-refractivity contribution in [2.45, 2.75) is 25.6 Å². The number of thioether (sulfide) groups is 1. The molecule has 2 amide bonds. The van der Waals surface area contributed by atoms with Crippen LogP contribution in [0.2, 0.25) is 10.0 Å². The van der Waals surface area contributed by atoms with E-state index in [1.807, 2.05) is 6.26 Å². The molecule has 2 aromatic carbocycles. The Bertz CT molecular complexity index is 887. The minimum atomic E-state index is -2.97. The summed E-state index contributed by atoms with van der Waals surface area (Å²) < 4.78 is 29.6. The molecule has 162 valence electrons. The molecule has 10 heteroatoms. The van der Waals surface area contributed by atoms with Gasteiger partial charge in [0.05, 0.1) is 10.6 Å². The predicted molar refractivity (Wildman–Crippen MR) is 116 cm³/mol. The normalized spacial score (nSPS) is 11.8. The zero-order valence-electron chi connectivity index (χ0n) is 16.0. The average Bonchev–Trinajstić information content (AvgIpc) is 2.69. The van der Waals surface area contributed by atoms with Gasteiger partial charge in [0.15, 0.2) is 0 Å². The Kier molecular flexibility index (Phi) is 9.68. The van der Waals surface area contributed by atoms with Gasteiger partial charge in [0.25, 0.3) is 5.91 Å². The third-order valence-electron chi connectivity index (χ3n) is 4.05. The standard InChI is InChI=1S/C20H20Cl2F2N2O3S/c1-30-9-8-16(26-18(27)14-7-6-13(21)10-15(14)22)19(28)25-11-12-4-2-3-5-17(12)29-20(23)24/h2-7,10,16,20H,8-9,11H2,1H3,(H,25,28)(H,26,27). The molecule has 0 aliphatic carbocycles. The second kappa shape index (κ2) is 12.0. The van der Waals surface area contributed by atoms with Crippen molar-refractivity contribution >= 4 is 46.8 Å². The van der Waals surface area contributed by atoms with Crippen LogP contribution in [0, 0.1) is 0 Å². The maximum absolute atomic E-state index is 12.7. The summed E-state index contributed by atoms with van der Waals surface area (Å²) in [7, 11) is 0. The van der Waals surface area contributed by atoms with Crippen molar-refractivity contribution in [1.82, 2.24) is 10.6 Å². The van der Waals surface area contributed by atoms with Crippen LogP contribution in [0.5, 0.6) is 5.75 Å². The summed E-state index contributed by atoms with van der Waals surface area (Å²) in [5, 5.41) is 5.88. The van der Waals surface area contributed by atoms with E-state index in [9.17, 15) is 18.4 Å². The van der Waals surface area contributed by atoms with Crippen LogP contribution in [0.1, 0.15) is 22.3 Å². The molecule has 5 nitrogen and oxygen atoms in total. The third-order valence-corrected chi connectivity index (χ3v) is 5.24. The van der Waals surface area contributed by atoms with Gasteiger partial charge in [-0.1, -0.05) is 41.4 Å². The fourth-order valence-electron chi connectivity index (χ4n) is 2.58. The average molecular weight is 477 g/mol. The van der Waals surface area contributed by atoms with E-state index in [1.165, 1.54) is 36.0 Å².